The number of nitrogens with zero attached hydrogens (tertiary/aromatic N) is 4. The second kappa shape index (κ2) is 7.60. The maximum absolute atomic E-state index is 12.8. The van der Waals surface area contributed by atoms with Crippen LogP contribution < -0.4 is 4.74 Å². The van der Waals surface area contributed by atoms with Gasteiger partial charge in [-0.3, -0.25) is 14.8 Å². The molecule has 27 heavy (non-hydrogen) atoms. The van der Waals surface area contributed by atoms with E-state index < -0.39 is 0 Å². The van der Waals surface area contributed by atoms with Crippen molar-refractivity contribution in [1.82, 2.24) is 19.9 Å². The Morgan fingerprint density at radius 2 is 2.11 bits per heavy atom. The summed E-state index contributed by atoms with van der Waals surface area (Å²) in [7, 11) is 0. The van der Waals surface area contributed by atoms with Crippen LogP contribution in [-0.2, 0) is 4.74 Å². The third-order valence-corrected chi connectivity index (χ3v) is 5.47. The van der Waals surface area contributed by atoms with Crippen LogP contribution >= 0.6 is 0 Å². The minimum Gasteiger partial charge on any atom is -0.473 e. The highest BCUT2D eigenvalue weighted by atomic mass is 16.5. The standard InChI is InChI=1S/C20H24N4O3/c1-15-17(3-2-7-22-15)19(25)24-10-5-20(6-11-24)13-16(4-12-26-20)27-18-14-21-8-9-23-18/h2-3,7-9,14,16H,4-6,10-13H2,1H3. The SMILES string of the molecule is Cc1ncccc1C(=O)N1CCC2(CC1)CC(Oc1cnccn1)CCO2. The molecule has 0 radical (unpaired) electrons. The van der Waals surface area contributed by atoms with Crippen molar-refractivity contribution >= 4 is 5.91 Å². The largest absolute Gasteiger partial charge is 0.473 e. The van der Waals surface area contributed by atoms with E-state index in [1.54, 1.807) is 24.8 Å². The summed E-state index contributed by atoms with van der Waals surface area (Å²) in [6.07, 6.45) is 9.98. The highest BCUT2D eigenvalue weighted by molar-refractivity contribution is 5.95. The molecule has 7 nitrogen and oxygen atoms in total. The fourth-order valence-corrected chi connectivity index (χ4v) is 3.95. The van der Waals surface area contributed by atoms with E-state index in [-0.39, 0.29) is 17.6 Å². The number of piperidine rings is 1. The zero-order valence-corrected chi connectivity index (χ0v) is 15.5. The molecule has 2 aliphatic heterocycles. The van der Waals surface area contributed by atoms with Crippen LogP contribution in [0.4, 0.5) is 0 Å². The van der Waals surface area contributed by atoms with Gasteiger partial charge < -0.3 is 14.4 Å². The Morgan fingerprint density at radius 1 is 1.26 bits per heavy atom. The Morgan fingerprint density at radius 3 is 2.85 bits per heavy atom. The Balaban J connectivity index is 1.37. The summed E-state index contributed by atoms with van der Waals surface area (Å²) in [4.78, 5) is 27.2. The van der Waals surface area contributed by atoms with Gasteiger partial charge in [-0.05, 0) is 31.9 Å². The molecule has 2 aliphatic rings. The van der Waals surface area contributed by atoms with Gasteiger partial charge in [0.15, 0.2) is 0 Å². The van der Waals surface area contributed by atoms with Gasteiger partial charge in [-0.1, -0.05) is 0 Å². The monoisotopic (exact) mass is 368 g/mol. The van der Waals surface area contributed by atoms with Gasteiger partial charge in [-0.15, -0.1) is 0 Å². The van der Waals surface area contributed by atoms with E-state index in [0.717, 1.165) is 31.4 Å². The Hall–Kier alpha value is -2.54. The van der Waals surface area contributed by atoms with Gasteiger partial charge >= 0.3 is 0 Å². The van der Waals surface area contributed by atoms with Crippen LogP contribution in [-0.4, -0.2) is 57.2 Å². The second-order valence-corrected chi connectivity index (χ2v) is 7.24. The number of aromatic nitrogens is 3. The lowest BCUT2D eigenvalue weighted by Crippen LogP contribution is -2.52. The van der Waals surface area contributed by atoms with E-state index >= 15 is 0 Å². The Labute approximate surface area is 158 Å². The molecule has 1 spiro atoms. The van der Waals surface area contributed by atoms with Crippen molar-refractivity contribution in [3.05, 3.63) is 48.2 Å². The van der Waals surface area contributed by atoms with Crippen molar-refractivity contribution in [2.24, 2.45) is 0 Å². The molecular formula is C20H24N4O3. The number of hydrogen-bond acceptors (Lipinski definition) is 6. The molecule has 2 aromatic heterocycles. The molecule has 2 saturated heterocycles. The van der Waals surface area contributed by atoms with Crippen molar-refractivity contribution < 1.29 is 14.3 Å². The van der Waals surface area contributed by atoms with E-state index in [0.29, 0.717) is 31.1 Å². The van der Waals surface area contributed by atoms with Gasteiger partial charge in [0.2, 0.25) is 5.88 Å². The predicted octanol–water partition coefficient (Wildman–Crippen LogP) is 2.41. The first-order valence-corrected chi connectivity index (χ1v) is 9.43. The number of hydrogen-bond donors (Lipinski definition) is 0. The Kier molecular flexibility index (Phi) is 5.03. The number of rotatable bonds is 3. The number of aryl methyl sites for hydroxylation is 1. The number of carbonyl (C=O) groups is 1. The van der Waals surface area contributed by atoms with Crippen molar-refractivity contribution in [1.29, 1.82) is 0 Å². The lowest BCUT2D eigenvalue weighted by atomic mass is 9.83. The summed E-state index contributed by atoms with van der Waals surface area (Å²) in [5.74, 6) is 0.609. The van der Waals surface area contributed by atoms with Crippen LogP contribution in [0.2, 0.25) is 0 Å². The van der Waals surface area contributed by atoms with Gasteiger partial charge in [0.1, 0.15) is 6.10 Å². The number of pyridine rings is 1. The fraction of sp³-hybridized carbons (Fsp3) is 0.500. The third-order valence-electron chi connectivity index (χ3n) is 5.47. The summed E-state index contributed by atoms with van der Waals surface area (Å²) in [5, 5.41) is 0. The van der Waals surface area contributed by atoms with Crippen molar-refractivity contribution in [2.45, 2.75) is 44.3 Å². The molecule has 7 heteroatoms. The quantitative estimate of drug-likeness (QED) is 0.828. The number of carbonyl (C=O) groups excluding carboxylic acids is 1. The molecule has 0 aromatic carbocycles. The van der Waals surface area contributed by atoms with Gasteiger partial charge in [0.25, 0.3) is 5.91 Å². The van der Waals surface area contributed by atoms with Gasteiger partial charge in [0.05, 0.1) is 24.0 Å². The second-order valence-electron chi connectivity index (χ2n) is 7.24. The van der Waals surface area contributed by atoms with Crippen molar-refractivity contribution in [2.75, 3.05) is 19.7 Å². The fourth-order valence-electron chi connectivity index (χ4n) is 3.95. The summed E-state index contributed by atoms with van der Waals surface area (Å²) >= 11 is 0. The molecule has 1 unspecified atom stereocenters. The molecule has 4 heterocycles. The first-order valence-electron chi connectivity index (χ1n) is 9.43. The van der Waals surface area contributed by atoms with Crippen LogP contribution in [0.15, 0.2) is 36.9 Å². The smallest absolute Gasteiger partial charge is 0.255 e. The number of likely N-dealkylation sites (tertiary alicyclic amines) is 1. The van der Waals surface area contributed by atoms with Gasteiger partial charge in [-0.25, -0.2) is 4.98 Å². The molecule has 1 amide bonds. The first kappa shape index (κ1) is 17.9. The number of ether oxygens (including phenoxy) is 2. The van der Waals surface area contributed by atoms with E-state index in [1.807, 2.05) is 24.0 Å². The highest BCUT2D eigenvalue weighted by Crippen LogP contribution is 2.36. The third kappa shape index (κ3) is 3.93. The average molecular weight is 368 g/mol. The molecule has 0 N–H and O–H groups in total. The first-order chi connectivity index (χ1) is 13.2. The maximum atomic E-state index is 12.8. The van der Waals surface area contributed by atoms with E-state index in [4.69, 9.17) is 9.47 Å². The maximum Gasteiger partial charge on any atom is 0.255 e. The van der Waals surface area contributed by atoms with Crippen molar-refractivity contribution in [3.63, 3.8) is 0 Å². The molecule has 0 aliphatic carbocycles. The van der Waals surface area contributed by atoms with Crippen LogP contribution in [0.5, 0.6) is 5.88 Å². The van der Waals surface area contributed by atoms with Gasteiger partial charge in [-0.2, -0.15) is 0 Å². The topological polar surface area (TPSA) is 77.4 Å². The molecule has 2 fully saturated rings. The number of amides is 1. The molecular weight excluding hydrogens is 344 g/mol. The minimum absolute atomic E-state index is 0.0543. The summed E-state index contributed by atoms with van der Waals surface area (Å²) < 4.78 is 12.2. The van der Waals surface area contributed by atoms with Gasteiger partial charge in [0, 0.05) is 50.2 Å². The summed E-state index contributed by atoms with van der Waals surface area (Å²) in [6.45, 7) is 3.91. The lowest BCUT2D eigenvalue weighted by Gasteiger charge is -2.45. The minimum atomic E-state index is -0.216. The van der Waals surface area contributed by atoms with E-state index in [2.05, 4.69) is 15.0 Å². The summed E-state index contributed by atoms with van der Waals surface area (Å²) in [6, 6.07) is 3.65. The molecule has 2 aromatic rings. The van der Waals surface area contributed by atoms with Crippen LogP contribution in [0, 0.1) is 6.92 Å². The highest BCUT2D eigenvalue weighted by Gasteiger charge is 2.42. The molecule has 0 saturated carbocycles. The van der Waals surface area contributed by atoms with Crippen LogP contribution in [0.25, 0.3) is 0 Å². The van der Waals surface area contributed by atoms with E-state index in [1.165, 1.54) is 0 Å². The molecule has 142 valence electrons. The Bertz CT molecular complexity index is 791. The molecule has 4 rings (SSSR count). The average Bonchev–Trinajstić information content (AvgIpc) is 2.69. The lowest BCUT2D eigenvalue weighted by molar-refractivity contribution is -0.135. The molecule has 0 bridgehead atoms. The van der Waals surface area contributed by atoms with Crippen LogP contribution in [0.1, 0.15) is 41.7 Å². The van der Waals surface area contributed by atoms with Crippen molar-refractivity contribution in [3.8, 4) is 5.88 Å². The van der Waals surface area contributed by atoms with E-state index in [9.17, 15) is 4.79 Å². The zero-order valence-electron chi connectivity index (χ0n) is 15.5. The van der Waals surface area contributed by atoms with Crippen LogP contribution in [0.3, 0.4) is 0 Å². The zero-order chi connectivity index (χ0) is 18.7. The normalized spacial score (nSPS) is 21.8. The predicted molar refractivity (Wildman–Crippen MR) is 98.5 cm³/mol. The molecule has 1 atom stereocenters. The summed E-state index contributed by atoms with van der Waals surface area (Å²) in [5.41, 5.74) is 1.24.